The summed E-state index contributed by atoms with van der Waals surface area (Å²) in [5, 5.41) is 42.1. The van der Waals surface area contributed by atoms with Crippen LogP contribution >= 0.6 is 0 Å². The molecule has 0 aromatic carbocycles. The molecule has 2 heterocycles. The Balaban J connectivity index is 1.36. The van der Waals surface area contributed by atoms with Crippen LogP contribution in [0.4, 0.5) is 0 Å². The Morgan fingerprint density at radius 1 is 1.00 bits per heavy atom. The molecular weight excluding hydrogens is 484 g/mol. The lowest BCUT2D eigenvalue weighted by Gasteiger charge is -2.42. The minimum atomic E-state index is -1.35. The first-order chi connectivity index (χ1) is 17.7. The lowest BCUT2D eigenvalue weighted by atomic mass is 9.89. The highest BCUT2D eigenvalue weighted by molar-refractivity contribution is 5.77. The summed E-state index contributed by atoms with van der Waals surface area (Å²) in [5.74, 6) is 0.369. The van der Waals surface area contributed by atoms with Gasteiger partial charge in [-0.3, -0.25) is 9.59 Å². The van der Waals surface area contributed by atoms with Crippen LogP contribution in [-0.2, 0) is 23.8 Å². The minimum Gasteiger partial charge on any atom is -0.394 e. The molecule has 0 spiro atoms. The monoisotopic (exact) mass is 530 g/mol. The van der Waals surface area contributed by atoms with Crippen LogP contribution in [0.3, 0.4) is 0 Å². The van der Waals surface area contributed by atoms with Crippen LogP contribution in [-0.4, -0.2) is 112 Å². The van der Waals surface area contributed by atoms with Crippen LogP contribution in [0, 0.1) is 5.92 Å². The van der Waals surface area contributed by atoms with Crippen molar-refractivity contribution in [2.75, 3.05) is 26.4 Å². The fourth-order valence-corrected chi connectivity index (χ4v) is 5.60. The molecule has 11 nitrogen and oxygen atoms in total. The lowest BCUT2D eigenvalue weighted by Crippen LogP contribution is -2.64. The molecule has 1 aliphatic carbocycles. The highest BCUT2D eigenvalue weighted by Gasteiger charge is 2.45. The van der Waals surface area contributed by atoms with Gasteiger partial charge in [-0.15, -0.1) is 0 Å². The molecule has 0 aromatic rings. The van der Waals surface area contributed by atoms with Crippen molar-refractivity contribution in [2.45, 2.75) is 121 Å². The van der Waals surface area contributed by atoms with Crippen LogP contribution < -0.4 is 5.32 Å². The quantitative estimate of drug-likeness (QED) is 0.220. The molecule has 1 saturated carbocycles. The van der Waals surface area contributed by atoms with Crippen LogP contribution in [0.2, 0.25) is 0 Å². The van der Waals surface area contributed by atoms with Gasteiger partial charge in [-0.25, -0.2) is 0 Å². The highest BCUT2D eigenvalue weighted by atomic mass is 16.7. The molecule has 2 amide bonds. The van der Waals surface area contributed by atoms with Gasteiger partial charge in [-0.2, -0.15) is 0 Å². The van der Waals surface area contributed by atoms with E-state index in [-0.39, 0.29) is 37.4 Å². The van der Waals surface area contributed by atoms with Crippen molar-refractivity contribution in [1.82, 2.24) is 10.2 Å². The zero-order valence-electron chi connectivity index (χ0n) is 22.2. The summed E-state index contributed by atoms with van der Waals surface area (Å²) in [6.45, 7) is 3.79. The predicted octanol–water partition coefficient (Wildman–Crippen LogP) is 0.0642. The molecular formula is C26H46N2O9. The van der Waals surface area contributed by atoms with Gasteiger partial charge < -0.3 is 44.9 Å². The number of nitrogens with zero attached hydrogens (tertiary/aromatic N) is 1. The number of hydrogen-bond acceptors (Lipinski definition) is 9. The smallest absolute Gasteiger partial charge is 0.222 e. The number of nitrogens with one attached hydrogen (secondary N) is 1. The normalized spacial score (nSPS) is 36.5. The molecule has 3 rings (SSSR count). The van der Waals surface area contributed by atoms with Gasteiger partial charge in [0, 0.05) is 26.5 Å². The highest BCUT2D eigenvalue weighted by Crippen LogP contribution is 2.30. The van der Waals surface area contributed by atoms with Gasteiger partial charge in [-0.05, 0) is 50.9 Å². The van der Waals surface area contributed by atoms with E-state index in [9.17, 15) is 30.0 Å². The molecule has 3 fully saturated rings. The molecule has 214 valence electrons. The minimum absolute atomic E-state index is 0.0171. The average molecular weight is 531 g/mol. The molecule has 3 aliphatic rings. The Morgan fingerprint density at radius 3 is 2.38 bits per heavy atom. The molecule has 0 bridgehead atoms. The molecule has 2 saturated heterocycles. The number of ether oxygens (including phenoxy) is 3. The average Bonchev–Trinajstić information content (AvgIpc) is 3.29. The van der Waals surface area contributed by atoms with Crippen molar-refractivity contribution in [3.63, 3.8) is 0 Å². The number of hydrogen-bond donors (Lipinski definition) is 5. The third kappa shape index (κ3) is 8.58. The number of aliphatic hydroxyl groups excluding tert-OH is 4. The van der Waals surface area contributed by atoms with E-state index in [0.717, 1.165) is 25.2 Å². The van der Waals surface area contributed by atoms with Crippen molar-refractivity contribution < 1.29 is 44.2 Å². The molecule has 7 atom stereocenters. The molecule has 11 heteroatoms. The summed E-state index contributed by atoms with van der Waals surface area (Å²) in [6, 6.07) is -1.16. The fraction of sp³-hybridized carbons (Fsp3) is 0.923. The first kappa shape index (κ1) is 30.2. The van der Waals surface area contributed by atoms with E-state index in [0.29, 0.717) is 32.2 Å². The Hall–Kier alpha value is -1.34. The van der Waals surface area contributed by atoms with Gasteiger partial charge in [0.2, 0.25) is 11.8 Å². The number of amides is 2. The summed E-state index contributed by atoms with van der Waals surface area (Å²) in [4.78, 5) is 26.1. The second-order valence-corrected chi connectivity index (χ2v) is 10.9. The summed E-state index contributed by atoms with van der Waals surface area (Å²) >= 11 is 0. The molecule has 0 aromatic heterocycles. The second-order valence-electron chi connectivity index (χ2n) is 10.9. The Labute approximate surface area is 219 Å². The SMILES string of the molecule is CC(=O)NC1C(OCCCCCC(=O)N2C[C@H](OC3CCC(C)CC3)C[C@H]2CO)OC(CO)C(O)C1O. The fourth-order valence-electron chi connectivity index (χ4n) is 5.60. The largest absolute Gasteiger partial charge is 0.394 e. The summed E-state index contributed by atoms with van der Waals surface area (Å²) in [5.41, 5.74) is 0. The van der Waals surface area contributed by atoms with E-state index in [1.165, 1.54) is 19.8 Å². The maximum Gasteiger partial charge on any atom is 0.222 e. The van der Waals surface area contributed by atoms with Gasteiger partial charge in [-0.1, -0.05) is 13.3 Å². The maximum absolute atomic E-state index is 12.8. The second kappa shape index (κ2) is 14.7. The zero-order valence-corrected chi connectivity index (χ0v) is 22.2. The molecule has 5 N–H and O–H groups in total. The Morgan fingerprint density at radius 2 is 1.73 bits per heavy atom. The summed E-state index contributed by atoms with van der Waals surface area (Å²) < 4.78 is 17.5. The van der Waals surface area contributed by atoms with E-state index in [1.54, 1.807) is 4.90 Å². The molecule has 0 radical (unpaired) electrons. The third-order valence-electron chi connectivity index (χ3n) is 7.82. The Bertz CT molecular complexity index is 718. The van der Waals surface area contributed by atoms with E-state index in [2.05, 4.69) is 12.2 Å². The van der Waals surface area contributed by atoms with E-state index < -0.39 is 43.2 Å². The number of unbranched alkanes of at least 4 members (excludes halogenated alkanes) is 2. The lowest BCUT2D eigenvalue weighted by molar-refractivity contribution is -0.270. The number of carbonyl (C=O) groups excluding carboxylic acids is 2. The van der Waals surface area contributed by atoms with Crippen LogP contribution in [0.15, 0.2) is 0 Å². The standard InChI is InChI=1S/C26H46N2O9/c1-16-7-9-19(10-8-16)36-20-12-18(14-29)28(13-20)22(32)6-4-3-5-11-35-26-23(27-17(2)31)25(34)24(33)21(15-30)37-26/h16,18-21,23-26,29-30,33-34H,3-15H2,1-2H3,(H,27,31)/t16?,18-,19?,20+,21?,23?,24?,25?,26?/m0/s1. The van der Waals surface area contributed by atoms with E-state index in [1.807, 2.05) is 0 Å². The van der Waals surface area contributed by atoms with Gasteiger partial charge in [0.15, 0.2) is 6.29 Å². The van der Waals surface area contributed by atoms with Crippen molar-refractivity contribution in [2.24, 2.45) is 5.92 Å². The topological polar surface area (TPSA) is 158 Å². The van der Waals surface area contributed by atoms with Gasteiger partial charge in [0.25, 0.3) is 0 Å². The van der Waals surface area contributed by atoms with E-state index in [4.69, 9.17) is 14.2 Å². The number of rotatable bonds is 12. The summed E-state index contributed by atoms with van der Waals surface area (Å²) in [6.07, 6.45) is 3.05. The third-order valence-corrected chi connectivity index (χ3v) is 7.82. The Kier molecular flexibility index (Phi) is 12.0. The van der Waals surface area contributed by atoms with Crippen LogP contribution in [0.25, 0.3) is 0 Å². The van der Waals surface area contributed by atoms with Crippen LogP contribution in [0.1, 0.15) is 71.6 Å². The van der Waals surface area contributed by atoms with Crippen LogP contribution in [0.5, 0.6) is 0 Å². The molecule has 37 heavy (non-hydrogen) atoms. The first-order valence-corrected chi connectivity index (χ1v) is 13.8. The number of likely N-dealkylation sites (tertiary alicyclic amines) is 1. The van der Waals surface area contributed by atoms with Gasteiger partial charge in [0.1, 0.15) is 24.4 Å². The first-order valence-electron chi connectivity index (χ1n) is 13.8. The predicted molar refractivity (Wildman–Crippen MR) is 133 cm³/mol. The maximum atomic E-state index is 12.8. The van der Waals surface area contributed by atoms with Gasteiger partial charge in [0.05, 0.1) is 31.5 Å². The van der Waals surface area contributed by atoms with Crippen molar-refractivity contribution in [1.29, 1.82) is 0 Å². The molecule has 2 aliphatic heterocycles. The van der Waals surface area contributed by atoms with Crippen molar-refractivity contribution >= 4 is 11.8 Å². The number of carbonyl (C=O) groups is 2. The summed E-state index contributed by atoms with van der Waals surface area (Å²) in [7, 11) is 0. The molecule has 5 unspecified atom stereocenters. The van der Waals surface area contributed by atoms with E-state index >= 15 is 0 Å². The zero-order chi connectivity index (χ0) is 26.9. The number of aliphatic hydroxyl groups is 4. The van der Waals surface area contributed by atoms with Gasteiger partial charge >= 0.3 is 0 Å². The van der Waals surface area contributed by atoms with Crippen molar-refractivity contribution in [3.05, 3.63) is 0 Å². The van der Waals surface area contributed by atoms with Crippen molar-refractivity contribution in [3.8, 4) is 0 Å².